The minimum absolute atomic E-state index is 0.159. The molecule has 0 aliphatic carbocycles. The Morgan fingerprint density at radius 3 is 2.88 bits per heavy atom. The molecule has 4 nitrogen and oxygen atoms in total. The first-order valence-corrected chi connectivity index (χ1v) is 6.02. The van der Waals surface area contributed by atoms with Crippen LogP contribution in [0.4, 0.5) is 0 Å². The smallest absolute Gasteiger partial charge is 0.254 e. The lowest BCUT2D eigenvalue weighted by Gasteiger charge is -2.09. The van der Waals surface area contributed by atoms with Crippen molar-refractivity contribution in [2.45, 2.75) is 12.8 Å². The average molecular weight is 256 g/mol. The van der Waals surface area contributed by atoms with Gasteiger partial charge in [-0.25, -0.2) is 4.98 Å². The molecule has 0 aliphatic heterocycles. The Hall–Kier alpha value is -1.13. The van der Waals surface area contributed by atoms with E-state index in [9.17, 15) is 4.79 Å². The Morgan fingerprint density at radius 2 is 2.24 bits per heavy atom. The molecule has 0 radical (unpaired) electrons. The van der Waals surface area contributed by atoms with Crippen LogP contribution in [0.15, 0.2) is 18.3 Å². The molecule has 1 rings (SSSR count). The summed E-state index contributed by atoms with van der Waals surface area (Å²) >= 11 is 5.82. The molecule has 1 aromatic rings. The zero-order valence-electron chi connectivity index (χ0n) is 10.2. The number of hydrogen-bond acceptors (Lipinski definition) is 3. The summed E-state index contributed by atoms with van der Waals surface area (Å²) < 4.78 is 0. The molecule has 0 unspecified atom stereocenters. The van der Waals surface area contributed by atoms with E-state index in [1.165, 1.54) is 0 Å². The third-order valence-corrected chi connectivity index (χ3v) is 2.62. The van der Waals surface area contributed by atoms with Crippen molar-refractivity contribution in [3.8, 4) is 0 Å². The number of nitrogens with one attached hydrogen (secondary N) is 1. The topological polar surface area (TPSA) is 45.2 Å². The predicted molar refractivity (Wildman–Crippen MR) is 69.4 cm³/mol. The largest absolute Gasteiger partial charge is 0.352 e. The van der Waals surface area contributed by atoms with Gasteiger partial charge in [-0.05, 0) is 45.6 Å². The van der Waals surface area contributed by atoms with Gasteiger partial charge in [-0.15, -0.1) is 0 Å². The molecule has 1 aromatic heterocycles. The molecule has 1 N–H and O–H groups in total. The van der Waals surface area contributed by atoms with Gasteiger partial charge < -0.3 is 10.2 Å². The zero-order valence-corrected chi connectivity index (χ0v) is 11.0. The van der Waals surface area contributed by atoms with Gasteiger partial charge in [0.15, 0.2) is 0 Å². The van der Waals surface area contributed by atoms with Crippen LogP contribution in [0.25, 0.3) is 0 Å². The van der Waals surface area contributed by atoms with Gasteiger partial charge in [0.05, 0.1) is 5.56 Å². The van der Waals surface area contributed by atoms with Crippen LogP contribution in [0.1, 0.15) is 23.2 Å². The number of nitrogens with zero attached hydrogens (tertiary/aromatic N) is 2. The molecular weight excluding hydrogens is 238 g/mol. The fourth-order valence-corrected chi connectivity index (χ4v) is 1.61. The van der Waals surface area contributed by atoms with Crippen LogP contribution in [0.2, 0.25) is 5.15 Å². The minimum Gasteiger partial charge on any atom is -0.352 e. The van der Waals surface area contributed by atoms with Crippen LogP contribution in [0.3, 0.4) is 0 Å². The summed E-state index contributed by atoms with van der Waals surface area (Å²) in [6, 6.07) is 3.37. The molecule has 1 amide bonds. The van der Waals surface area contributed by atoms with E-state index in [0.29, 0.717) is 12.1 Å². The Kier molecular flexibility index (Phi) is 5.94. The molecule has 17 heavy (non-hydrogen) atoms. The second-order valence-corrected chi connectivity index (χ2v) is 4.47. The van der Waals surface area contributed by atoms with E-state index in [1.54, 1.807) is 18.3 Å². The summed E-state index contributed by atoms with van der Waals surface area (Å²) in [7, 11) is 4.07. The molecule has 94 valence electrons. The lowest BCUT2D eigenvalue weighted by molar-refractivity contribution is 0.0952. The molecule has 0 aromatic carbocycles. The summed E-state index contributed by atoms with van der Waals surface area (Å²) in [5.41, 5.74) is 0.432. The SMILES string of the molecule is CN(C)CCCCNC(=O)c1cccnc1Cl. The highest BCUT2D eigenvalue weighted by Crippen LogP contribution is 2.10. The van der Waals surface area contributed by atoms with Gasteiger partial charge >= 0.3 is 0 Å². The second kappa shape index (κ2) is 7.25. The molecule has 0 saturated carbocycles. The maximum Gasteiger partial charge on any atom is 0.254 e. The van der Waals surface area contributed by atoms with Crippen molar-refractivity contribution in [2.75, 3.05) is 27.2 Å². The van der Waals surface area contributed by atoms with Gasteiger partial charge in [-0.2, -0.15) is 0 Å². The Labute approximate surface area is 107 Å². The lowest BCUT2D eigenvalue weighted by Crippen LogP contribution is -2.25. The van der Waals surface area contributed by atoms with Crippen molar-refractivity contribution >= 4 is 17.5 Å². The van der Waals surface area contributed by atoms with E-state index in [-0.39, 0.29) is 11.1 Å². The maximum absolute atomic E-state index is 11.7. The van der Waals surface area contributed by atoms with E-state index in [2.05, 4.69) is 15.2 Å². The number of hydrogen-bond donors (Lipinski definition) is 1. The van der Waals surface area contributed by atoms with Crippen molar-refractivity contribution in [1.29, 1.82) is 0 Å². The Bertz CT molecular complexity index is 369. The summed E-state index contributed by atoms with van der Waals surface area (Å²) in [4.78, 5) is 17.7. The minimum atomic E-state index is -0.159. The van der Waals surface area contributed by atoms with Crippen LogP contribution >= 0.6 is 11.6 Å². The quantitative estimate of drug-likeness (QED) is 0.623. The van der Waals surface area contributed by atoms with E-state index < -0.39 is 0 Å². The molecule has 0 fully saturated rings. The Balaban J connectivity index is 2.29. The first-order valence-electron chi connectivity index (χ1n) is 5.64. The van der Waals surface area contributed by atoms with Gasteiger partial charge in [-0.1, -0.05) is 11.6 Å². The molecule has 0 bridgehead atoms. The fraction of sp³-hybridized carbons (Fsp3) is 0.500. The van der Waals surface area contributed by atoms with Crippen molar-refractivity contribution in [1.82, 2.24) is 15.2 Å². The first-order chi connectivity index (χ1) is 8.11. The van der Waals surface area contributed by atoms with E-state index in [4.69, 9.17) is 11.6 Å². The third kappa shape index (κ3) is 5.15. The summed E-state index contributed by atoms with van der Waals surface area (Å²) in [6.07, 6.45) is 3.59. The number of halogens is 1. The van der Waals surface area contributed by atoms with Crippen LogP contribution < -0.4 is 5.32 Å². The molecule has 0 spiro atoms. The van der Waals surface area contributed by atoms with Gasteiger partial charge in [0.2, 0.25) is 0 Å². The van der Waals surface area contributed by atoms with Crippen molar-refractivity contribution in [2.24, 2.45) is 0 Å². The highest BCUT2D eigenvalue weighted by molar-refractivity contribution is 6.32. The van der Waals surface area contributed by atoms with E-state index >= 15 is 0 Å². The summed E-state index contributed by atoms with van der Waals surface area (Å²) in [5, 5.41) is 3.08. The van der Waals surface area contributed by atoms with Gasteiger partial charge in [0.25, 0.3) is 5.91 Å². The van der Waals surface area contributed by atoms with Crippen LogP contribution in [-0.2, 0) is 0 Å². The highest BCUT2D eigenvalue weighted by Gasteiger charge is 2.09. The van der Waals surface area contributed by atoms with E-state index in [0.717, 1.165) is 19.4 Å². The monoisotopic (exact) mass is 255 g/mol. The number of amides is 1. The molecular formula is C12H18ClN3O. The first kappa shape index (κ1) is 13.9. The number of carbonyl (C=O) groups excluding carboxylic acids is 1. The van der Waals surface area contributed by atoms with Crippen LogP contribution in [0.5, 0.6) is 0 Å². The third-order valence-electron chi connectivity index (χ3n) is 2.32. The number of rotatable bonds is 6. The van der Waals surface area contributed by atoms with Crippen molar-refractivity contribution in [3.63, 3.8) is 0 Å². The number of carbonyl (C=O) groups is 1. The molecule has 1 heterocycles. The zero-order chi connectivity index (χ0) is 12.7. The van der Waals surface area contributed by atoms with E-state index in [1.807, 2.05) is 14.1 Å². The van der Waals surface area contributed by atoms with Crippen LogP contribution in [0, 0.1) is 0 Å². The molecule has 0 saturated heterocycles. The standard InChI is InChI=1S/C12H18ClN3O/c1-16(2)9-4-3-7-15-12(17)10-6-5-8-14-11(10)13/h5-6,8H,3-4,7,9H2,1-2H3,(H,15,17). The van der Waals surface area contributed by atoms with Gasteiger partial charge in [0, 0.05) is 12.7 Å². The number of pyridine rings is 1. The molecule has 0 atom stereocenters. The van der Waals surface area contributed by atoms with Crippen molar-refractivity contribution < 1.29 is 4.79 Å². The normalized spacial score (nSPS) is 10.6. The van der Waals surface area contributed by atoms with Crippen molar-refractivity contribution in [3.05, 3.63) is 29.0 Å². The summed E-state index contributed by atoms with van der Waals surface area (Å²) in [6.45, 7) is 1.70. The fourth-order valence-electron chi connectivity index (χ4n) is 1.41. The number of aromatic nitrogens is 1. The van der Waals surface area contributed by atoms with Gasteiger partial charge in [0.1, 0.15) is 5.15 Å². The van der Waals surface area contributed by atoms with Gasteiger partial charge in [-0.3, -0.25) is 4.79 Å². The lowest BCUT2D eigenvalue weighted by atomic mass is 10.2. The highest BCUT2D eigenvalue weighted by atomic mass is 35.5. The molecule has 0 aliphatic rings. The Morgan fingerprint density at radius 1 is 1.47 bits per heavy atom. The second-order valence-electron chi connectivity index (χ2n) is 4.11. The van der Waals surface area contributed by atoms with Crippen LogP contribution in [-0.4, -0.2) is 43.0 Å². The maximum atomic E-state index is 11.7. The predicted octanol–water partition coefficient (Wildman–Crippen LogP) is 1.81. The average Bonchev–Trinajstić information content (AvgIpc) is 2.28. The molecule has 5 heteroatoms. The number of unbranched alkanes of at least 4 members (excludes halogenated alkanes) is 1. The summed E-state index contributed by atoms with van der Waals surface area (Å²) in [5.74, 6) is -0.159.